The maximum atomic E-state index is 14.7. The predicted octanol–water partition coefficient (Wildman–Crippen LogP) is 18.7. The van der Waals surface area contributed by atoms with Crippen molar-refractivity contribution in [3.05, 3.63) is 157 Å². The summed E-state index contributed by atoms with van der Waals surface area (Å²) in [5.74, 6) is 1.91. The molecule has 2 heterocycles. The molecule has 2 aliphatic rings. The van der Waals surface area contributed by atoms with Crippen LogP contribution in [-0.4, -0.2) is 50.3 Å². The SMILES string of the molecule is C=CC(=O)OCCCCCCCCOc1ccc(C2CCC(C(=O)Oc3c4sc(-c5ccccc5)c(C)c4c(OC(=O)C4CCC(c5ccc(OCCCCCCCCOC(=O)C=C)cc5)CC4)c4sc(-c5ccccc5)c(C)c34)CC2)cc1. The normalized spacial score (nSPS) is 16.9. The minimum Gasteiger partial charge on any atom is -0.494 e. The van der Waals surface area contributed by atoms with E-state index in [1.54, 1.807) is 22.7 Å². The van der Waals surface area contributed by atoms with Gasteiger partial charge in [-0.1, -0.05) is 149 Å². The first-order valence-electron chi connectivity index (χ1n) is 30.7. The fourth-order valence-electron chi connectivity index (χ4n) is 12.1. The van der Waals surface area contributed by atoms with Crippen molar-refractivity contribution < 1.29 is 47.6 Å². The maximum absolute atomic E-state index is 14.7. The van der Waals surface area contributed by atoms with Crippen molar-refractivity contribution in [1.82, 2.24) is 0 Å². The summed E-state index contributed by atoms with van der Waals surface area (Å²) in [5.41, 5.74) is 6.64. The number of rotatable bonds is 30. The highest BCUT2D eigenvalue weighted by Gasteiger charge is 2.35. The monoisotopic (exact) mass is 1170 g/mol. The molecule has 9 rings (SSSR count). The minimum absolute atomic E-state index is 0.210. The average Bonchev–Trinajstić information content (AvgIpc) is 1.79. The topological polar surface area (TPSA) is 124 Å². The van der Waals surface area contributed by atoms with Crippen LogP contribution in [0.5, 0.6) is 23.0 Å². The van der Waals surface area contributed by atoms with Crippen molar-refractivity contribution in [2.45, 2.75) is 154 Å². The second kappa shape index (κ2) is 31.2. The predicted molar refractivity (Wildman–Crippen MR) is 340 cm³/mol. The van der Waals surface area contributed by atoms with Gasteiger partial charge in [0, 0.05) is 32.7 Å². The molecule has 5 aromatic carbocycles. The Morgan fingerprint density at radius 1 is 0.440 bits per heavy atom. The third-order valence-corrected chi connectivity index (χ3v) is 19.6. The molecule has 0 amide bonds. The largest absolute Gasteiger partial charge is 0.494 e. The number of carbonyl (C=O) groups excluding carboxylic acids is 4. The minimum atomic E-state index is -0.361. The Bertz CT molecular complexity index is 3070. The van der Waals surface area contributed by atoms with Gasteiger partial charge in [0.25, 0.3) is 0 Å². The summed E-state index contributed by atoms with van der Waals surface area (Å²) in [6, 6.07) is 37.7. The first-order valence-corrected chi connectivity index (χ1v) is 32.3. The molecule has 0 bridgehead atoms. The molecule has 0 N–H and O–H groups in total. The van der Waals surface area contributed by atoms with Gasteiger partial charge < -0.3 is 28.4 Å². The number of hydrogen-bond donors (Lipinski definition) is 0. The molecule has 2 aliphatic carbocycles. The summed E-state index contributed by atoms with van der Waals surface area (Å²) in [6.07, 6.45) is 21.3. The standard InChI is InChI=1S/C72H82O10S2/c1-5-61(73)79-47-23-13-9-7-11-21-45-77-59-41-37-53(38-42-59)51-29-33-57(34-30-51)71(75)81-65-63-49(3)67(55-25-17-15-18-26-55)84-70(63)66(64-50(4)68(83-69(64)65)56-27-19-16-20-28-56)82-72(76)58-35-31-52(32-36-58)54-39-43-60(44-40-54)78-46-22-12-8-10-14-24-48-80-62(74)6-2/h5-6,15-20,25-28,37-44,51-52,57-58H,1-2,7-14,21-24,29-36,45-48H2,3-4H3. The van der Waals surface area contributed by atoms with Gasteiger partial charge in [-0.2, -0.15) is 0 Å². The van der Waals surface area contributed by atoms with Gasteiger partial charge in [0.05, 0.1) is 47.7 Å². The Hall–Kier alpha value is -7.02. The number of benzene rings is 5. The summed E-state index contributed by atoms with van der Waals surface area (Å²) in [6.45, 7) is 13.3. The third kappa shape index (κ3) is 16.2. The van der Waals surface area contributed by atoms with Crippen LogP contribution in [0.15, 0.2) is 135 Å². The number of aryl methyl sites for hydroxylation is 2. The molecule has 0 unspecified atom stereocenters. The van der Waals surface area contributed by atoms with E-state index in [4.69, 9.17) is 28.4 Å². The van der Waals surface area contributed by atoms with Gasteiger partial charge in [-0.15, -0.1) is 22.7 Å². The number of esters is 4. The van der Waals surface area contributed by atoms with Crippen LogP contribution in [0, 0.1) is 25.7 Å². The molecule has 12 heteroatoms. The maximum Gasteiger partial charge on any atom is 0.330 e. The van der Waals surface area contributed by atoms with Gasteiger partial charge in [-0.05, 0) is 160 Å². The van der Waals surface area contributed by atoms with E-state index < -0.39 is 0 Å². The molecule has 2 saturated carbocycles. The van der Waals surface area contributed by atoms with E-state index in [0.717, 1.165) is 192 Å². The summed E-state index contributed by atoms with van der Waals surface area (Å²) >= 11 is 3.21. The van der Waals surface area contributed by atoms with Crippen molar-refractivity contribution >= 4 is 66.7 Å². The Kier molecular flexibility index (Phi) is 22.9. The van der Waals surface area contributed by atoms with Crippen LogP contribution in [0.3, 0.4) is 0 Å². The first kappa shape index (κ1) is 61.5. The van der Waals surface area contributed by atoms with E-state index in [0.29, 0.717) is 49.8 Å². The number of carbonyl (C=O) groups is 4. The second-order valence-corrected chi connectivity index (χ2v) is 24.7. The Morgan fingerprint density at radius 3 is 1.12 bits per heavy atom. The molecule has 7 aromatic rings. The number of fused-ring (bicyclic) bond motifs is 2. The van der Waals surface area contributed by atoms with Gasteiger partial charge in [-0.25, -0.2) is 9.59 Å². The zero-order valence-corrected chi connectivity index (χ0v) is 50.8. The Labute approximate surface area is 504 Å². The van der Waals surface area contributed by atoms with Crippen molar-refractivity contribution in [3.8, 4) is 43.9 Å². The van der Waals surface area contributed by atoms with E-state index in [2.05, 4.69) is 99.8 Å². The second-order valence-electron chi connectivity index (χ2n) is 22.7. The molecule has 2 aromatic heterocycles. The number of thiophene rings is 2. The lowest BCUT2D eigenvalue weighted by molar-refractivity contribution is -0.140. The fourth-order valence-corrected chi connectivity index (χ4v) is 14.7. The molecule has 0 aliphatic heterocycles. The molecular weight excluding hydrogens is 1090 g/mol. The molecule has 0 saturated heterocycles. The lowest BCUT2D eigenvalue weighted by Gasteiger charge is -2.28. The highest BCUT2D eigenvalue weighted by Crippen LogP contribution is 2.56. The molecule has 10 nitrogen and oxygen atoms in total. The molecule has 0 radical (unpaired) electrons. The lowest BCUT2D eigenvalue weighted by Crippen LogP contribution is -2.26. The number of hydrogen-bond acceptors (Lipinski definition) is 12. The summed E-state index contributed by atoms with van der Waals surface area (Å²) in [4.78, 5) is 54.0. The molecule has 442 valence electrons. The van der Waals surface area contributed by atoms with Gasteiger partial charge in [0.2, 0.25) is 0 Å². The van der Waals surface area contributed by atoms with Crippen LogP contribution in [-0.2, 0) is 28.7 Å². The highest BCUT2D eigenvalue weighted by molar-refractivity contribution is 7.25. The molecule has 0 spiro atoms. The van der Waals surface area contributed by atoms with Gasteiger partial charge >= 0.3 is 23.9 Å². The van der Waals surface area contributed by atoms with Crippen molar-refractivity contribution in [1.29, 1.82) is 0 Å². The third-order valence-electron chi connectivity index (χ3n) is 16.9. The molecule has 0 atom stereocenters. The smallest absolute Gasteiger partial charge is 0.330 e. The van der Waals surface area contributed by atoms with E-state index in [1.165, 1.54) is 23.3 Å². The van der Waals surface area contributed by atoms with E-state index >= 15 is 0 Å². The Morgan fingerprint density at radius 2 is 0.774 bits per heavy atom. The average molecular weight is 1170 g/mol. The number of unbranched alkanes of at least 4 members (excludes halogenated alkanes) is 10. The van der Waals surface area contributed by atoms with Crippen LogP contribution in [0.2, 0.25) is 0 Å². The van der Waals surface area contributed by atoms with Crippen LogP contribution in [0.1, 0.15) is 163 Å². The van der Waals surface area contributed by atoms with E-state index in [9.17, 15) is 19.2 Å². The molecular formula is C72H82O10S2. The summed E-state index contributed by atoms with van der Waals surface area (Å²) in [7, 11) is 0. The highest BCUT2D eigenvalue weighted by atomic mass is 32.1. The van der Waals surface area contributed by atoms with Crippen molar-refractivity contribution in [3.63, 3.8) is 0 Å². The van der Waals surface area contributed by atoms with Gasteiger partial charge in [-0.3, -0.25) is 9.59 Å². The summed E-state index contributed by atoms with van der Waals surface area (Å²) < 4.78 is 37.6. The zero-order chi connectivity index (χ0) is 58.6. The van der Waals surface area contributed by atoms with E-state index in [-0.39, 0.29) is 35.7 Å². The van der Waals surface area contributed by atoms with Crippen LogP contribution < -0.4 is 18.9 Å². The van der Waals surface area contributed by atoms with Crippen LogP contribution >= 0.6 is 22.7 Å². The Balaban J connectivity index is 0.844. The first-order chi connectivity index (χ1) is 41.1. The van der Waals surface area contributed by atoms with Crippen molar-refractivity contribution in [2.24, 2.45) is 11.8 Å². The van der Waals surface area contributed by atoms with Gasteiger partial charge in [0.15, 0.2) is 11.5 Å². The van der Waals surface area contributed by atoms with Crippen LogP contribution in [0.4, 0.5) is 0 Å². The fraction of sp³-hybridized carbons (Fsp3) is 0.417. The zero-order valence-electron chi connectivity index (χ0n) is 49.1. The van der Waals surface area contributed by atoms with Gasteiger partial charge in [0.1, 0.15) is 11.5 Å². The number of ether oxygens (including phenoxy) is 6. The van der Waals surface area contributed by atoms with Crippen LogP contribution in [0.25, 0.3) is 41.1 Å². The molecule has 84 heavy (non-hydrogen) atoms. The quantitative estimate of drug-likeness (QED) is 0.0186. The van der Waals surface area contributed by atoms with E-state index in [1.807, 2.05) is 36.4 Å². The lowest BCUT2D eigenvalue weighted by atomic mass is 9.78. The molecule has 2 fully saturated rings. The van der Waals surface area contributed by atoms with Crippen molar-refractivity contribution in [2.75, 3.05) is 26.4 Å². The summed E-state index contributed by atoms with van der Waals surface area (Å²) in [5, 5.41) is 1.65.